The van der Waals surface area contributed by atoms with Crippen molar-refractivity contribution in [2.45, 2.75) is 6.54 Å². The molecule has 0 N–H and O–H groups in total. The summed E-state index contributed by atoms with van der Waals surface area (Å²) in [6.45, 7) is -1.53. The van der Waals surface area contributed by atoms with Crippen LogP contribution in [0.2, 0.25) is 0 Å². The normalized spacial score (nSPS) is 15.8. The molecule has 0 fully saturated rings. The number of benzene rings is 1. The van der Waals surface area contributed by atoms with Gasteiger partial charge in [0.2, 0.25) is 0 Å². The van der Waals surface area contributed by atoms with Crippen LogP contribution in [-0.4, -0.2) is 14.1 Å². The molecule has 21 heavy (non-hydrogen) atoms. The number of aromatic nitrogens is 4. The number of rotatable bonds is 0. The maximum atomic E-state index is 8.01. The van der Waals surface area contributed by atoms with Crippen molar-refractivity contribution >= 4 is 22.1 Å². The molecule has 0 radical (unpaired) electrons. The van der Waals surface area contributed by atoms with E-state index in [4.69, 9.17) is 4.11 Å². The SMILES string of the molecule is [2H]C([2H])([2H])n1c2ccccc2c2c1[n+](C)c1n2Cc2cccnc2-1. The fraction of sp³-hybridized carbons (Fsp3) is 0.176. The van der Waals surface area contributed by atoms with Gasteiger partial charge in [0.05, 0.1) is 30.1 Å². The smallest absolute Gasteiger partial charge is 0.259 e. The van der Waals surface area contributed by atoms with Gasteiger partial charge in [-0.1, -0.05) is 18.2 Å². The summed E-state index contributed by atoms with van der Waals surface area (Å²) in [7, 11) is 1.92. The van der Waals surface area contributed by atoms with Gasteiger partial charge >= 0.3 is 0 Å². The Kier molecular flexibility index (Phi) is 1.45. The molecule has 0 spiro atoms. The lowest BCUT2D eigenvalue weighted by atomic mass is 10.2. The second-order valence-electron chi connectivity index (χ2n) is 5.50. The van der Waals surface area contributed by atoms with Crippen molar-refractivity contribution in [3.8, 4) is 11.5 Å². The van der Waals surface area contributed by atoms with E-state index in [0.717, 1.165) is 33.5 Å². The molecule has 0 saturated carbocycles. The third-order valence-corrected chi connectivity index (χ3v) is 4.42. The number of aryl methyl sites for hydroxylation is 2. The summed E-state index contributed by atoms with van der Waals surface area (Å²) < 4.78 is 29.6. The molecule has 102 valence electrons. The lowest BCUT2D eigenvalue weighted by Gasteiger charge is -1.97. The Bertz CT molecular complexity index is 1130. The van der Waals surface area contributed by atoms with Crippen LogP contribution in [0.5, 0.6) is 0 Å². The van der Waals surface area contributed by atoms with Crippen LogP contribution in [0.15, 0.2) is 42.6 Å². The summed E-state index contributed by atoms with van der Waals surface area (Å²) >= 11 is 0. The number of nitrogens with zero attached hydrogens (tertiary/aromatic N) is 4. The molecule has 0 unspecified atom stereocenters. The maximum absolute atomic E-state index is 8.01. The Balaban J connectivity index is 2.02. The van der Waals surface area contributed by atoms with Gasteiger partial charge in [-0.15, -0.1) is 0 Å². The van der Waals surface area contributed by atoms with Gasteiger partial charge in [0.1, 0.15) is 11.2 Å². The Morgan fingerprint density at radius 3 is 3.05 bits per heavy atom. The van der Waals surface area contributed by atoms with E-state index in [-0.39, 0.29) is 0 Å². The van der Waals surface area contributed by atoms with Gasteiger partial charge in [0.25, 0.3) is 11.5 Å². The van der Waals surface area contributed by atoms with Gasteiger partial charge in [-0.25, -0.2) is 14.1 Å². The first-order chi connectivity index (χ1) is 11.5. The first kappa shape index (κ1) is 8.62. The van der Waals surface area contributed by atoms with E-state index in [1.54, 1.807) is 6.20 Å². The molecule has 0 saturated heterocycles. The number of hydrogen-bond acceptors (Lipinski definition) is 1. The van der Waals surface area contributed by atoms with Crippen LogP contribution in [0.4, 0.5) is 0 Å². The molecule has 0 aliphatic carbocycles. The van der Waals surface area contributed by atoms with Gasteiger partial charge in [-0.2, -0.15) is 0 Å². The molecular formula is C17H15N4+. The number of para-hydroxylation sites is 1. The van der Waals surface area contributed by atoms with E-state index >= 15 is 0 Å². The van der Waals surface area contributed by atoms with E-state index in [9.17, 15) is 0 Å². The molecule has 1 aliphatic rings. The average Bonchev–Trinajstić information content (AvgIpc) is 3.15. The second kappa shape index (κ2) is 3.52. The minimum atomic E-state index is -2.24. The minimum absolute atomic E-state index is 0.711. The maximum Gasteiger partial charge on any atom is 0.269 e. The molecule has 0 amide bonds. The van der Waals surface area contributed by atoms with Crippen molar-refractivity contribution < 1.29 is 8.68 Å². The number of imidazole rings is 1. The number of fused-ring (bicyclic) bond motifs is 7. The number of hydrogen-bond donors (Lipinski definition) is 0. The first-order valence-electron chi connectivity index (χ1n) is 8.45. The zero-order chi connectivity index (χ0) is 16.6. The van der Waals surface area contributed by atoms with Gasteiger partial charge in [-0.05, 0) is 18.2 Å². The highest BCUT2D eigenvalue weighted by atomic mass is 15.2. The Labute approximate surface area is 126 Å². The summed E-state index contributed by atoms with van der Waals surface area (Å²) in [6.07, 6.45) is 1.78. The minimum Gasteiger partial charge on any atom is -0.259 e. The summed E-state index contributed by atoms with van der Waals surface area (Å²) in [6, 6.07) is 11.7. The van der Waals surface area contributed by atoms with E-state index < -0.39 is 6.98 Å². The van der Waals surface area contributed by atoms with Crippen LogP contribution >= 0.6 is 0 Å². The van der Waals surface area contributed by atoms with Crippen LogP contribution < -0.4 is 4.57 Å². The molecule has 0 atom stereocenters. The third kappa shape index (κ3) is 1.17. The predicted molar refractivity (Wildman–Crippen MR) is 81.9 cm³/mol. The second-order valence-corrected chi connectivity index (χ2v) is 5.50. The molecule has 5 rings (SSSR count). The lowest BCUT2D eigenvalue weighted by Crippen LogP contribution is -2.31. The van der Waals surface area contributed by atoms with E-state index in [1.807, 2.05) is 41.9 Å². The van der Waals surface area contributed by atoms with E-state index in [2.05, 4.69) is 15.6 Å². The van der Waals surface area contributed by atoms with Crippen LogP contribution in [-0.2, 0) is 20.6 Å². The highest BCUT2D eigenvalue weighted by molar-refractivity contribution is 6.04. The van der Waals surface area contributed by atoms with Crippen LogP contribution in [0.3, 0.4) is 0 Å². The van der Waals surface area contributed by atoms with Crippen LogP contribution in [0, 0.1) is 0 Å². The van der Waals surface area contributed by atoms with Crippen molar-refractivity contribution in [1.29, 1.82) is 0 Å². The topological polar surface area (TPSA) is 26.6 Å². The zero-order valence-electron chi connectivity index (χ0n) is 14.5. The van der Waals surface area contributed by atoms with Gasteiger partial charge in [-0.3, -0.25) is 4.57 Å². The Morgan fingerprint density at radius 2 is 2.14 bits per heavy atom. The first-order valence-corrected chi connectivity index (χ1v) is 6.95. The van der Waals surface area contributed by atoms with Gasteiger partial charge in [0, 0.05) is 11.8 Å². The molecule has 0 bridgehead atoms. The van der Waals surface area contributed by atoms with Crippen molar-refractivity contribution in [3.05, 3.63) is 48.2 Å². The highest BCUT2D eigenvalue weighted by Crippen LogP contribution is 2.35. The van der Waals surface area contributed by atoms with E-state index in [0.29, 0.717) is 12.2 Å². The van der Waals surface area contributed by atoms with Crippen molar-refractivity contribution in [3.63, 3.8) is 0 Å². The predicted octanol–water partition coefficient (Wildman–Crippen LogP) is 2.38. The van der Waals surface area contributed by atoms with Gasteiger partial charge in [0.15, 0.2) is 5.52 Å². The van der Waals surface area contributed by atoms with Crippen molar-refractivity contribution in [2.24, 2.45) is 14.0 Å². The number of pyridine rings is 1. The summed E-state index contributed by atoms with van der Waals surface area (Å²) in [5, 5.41) is 0.957. The molecular weight excluding hydrogens is 260 g/mol. The molecule has 3 aromatic heterocycles. The average molecular weight is 278 g/mol. The standard InChI is InChI=1S/C17H15N4/c1-19-13-8-4-3-7-12(13)15-17(19)20(2)16-14-11(10-21(15)16)6-5-9-18-14/h3-9H,10H2,1-2H3/q+1/i1D3. The Hall–Kier alpha value is -2.62. The van der Waals surface area contributed by atoms with Crippen molar-refractivity contribution in [1.82, 2.24) is 14.1 Å². The third-order valence-electron chi connectivity index (χ3n) is 4.42. The molecule has 4 heteroatoms. The largest absolute Gasteiger partial charge is 0.269 e. The monoisotopic (exact) mass is 278 g/mol. The fourth-order valence-electron chi connectivity index (χ4n) is 3.55. The molecule has 1 aromatic carbocycles. The molecule has 4 nitrogen and oxygen atoms in total. The fourth-order valence-corrected chi connectivity index (χ4v) is 3.55. The molecule has 4 aromatic rings. The van der Waals surface area contributed by atoms with E-state index in [1.165, 1.54) is 4.57 Å². The van der Waals surface area contributed by atoms with Crippen LogP contribution in [0.25, 0.3) is 33.6 Å². The van der Waals surface area contributed by atoms with Crippen molar-refractivity contribution in [2.75, 3.05) is 0 Å². The molecule has 4 heterocycles. The quantitative estimate of drug-likeness (QED) is 0.399. The van der Waals surface area contributed by atoms with Gasteiger partial charge < -0.3 is 0 Å². The summed E-state index contributed by atoms with van der Waals surface area (Å²) in [5.41, 5.74) is 4.49. The highest BCUT2D eigenvalue weighted by Gasteiger charge is 2.34. The lowest BCUT2D eigenvalue weighted by molar-refractivity contribution is -0.636. The Morgan fingerprint density at radius 1 is 1.24 bits per heavy atom. The summed E-state index contributed by atoms with van der Waals surface area (Å²) in [4.78, 5) is 4.52. The summed E-state index contributed by atoms with van der Waals surface area (Å²) in [5.74, 6) is 0.958. The zero-order valence-corrected chi connectivity index (χ0v) is 11.5. The van der Waals surface area contributed by atoms with Crippen LogP contribution in [0.1, 0.15) is 9.68 Å². The molecule has 1 aliphatic heterocycles.